The first-order chi connectivity index (χ1) is 46.4. The molecule has 20 aliphatic rings. The van der Waals surface area contributed by atoms with E-state index in [1.165, 1.54) is 94.4 Å². The molecule has 13 aliphatic carbocycles. The van der Waals surface area contributed by atoms with Crippen LogP contribution in [-0.2, 0) is 11.2 Å². The molecule has 7 heterocycles. The number of carboxylic acid groups (broad SMARTS) is 1. The molecule has 6 N–H and O–H groups in total. The molecule has 494 valence electrons. The van der Waals surface area contributed by atoms with Gasteiger partial charge in [0.2, 0.25) is 0 Å². The fraction of sp³-hybridized carbons (Fsp3) is 0.570. The van der Waals surface area contributed by atoms with Gasteiger partial charge in [-0.3, -0.25) is 4.79 Å². The van der Waals surface area contributed by atoms with Gasteiger partial charge in [-0.1, -0.05) is 180 Å². The van der Waals surface area contributed by atoms with Crippen molar-refractivity contribution in [3.63, 3.8) is 0 Å². The standard InChI is InChI=1S/C86H98N2O5S2/c1-79-62-42-63-52-95-94-51-61-45-80(44-60(61)39-53-15-4-2-5-16-53)36-37-84(63)72(80)29-35-85(79)68(77(92)93)27-25-59(50-89)64(54-17-6-3-7-18-54)24-13-38-87-75-28-26-58(49-88-75)55-20-12-21-56(40-55)65-23-10-11-32-82-33-14-31-81-46-67-69(41-57-19-8-9-22-66(57)76(65)67)83(78(81)82,34-30-73(82)90)70(43-62)71(47-81)86(79,84)48-74(85)91/h2,4-5,8-9,12,14-16,19-22,26,28-29,31,35,40-41,46,50,54,60-65,68-69,72-74,78,87-91H,3,6-7,13,17-18,23-25,27,30,32-34,36-39,42-45,47-49,51-52H2,1H3,(H,92,93)/b59-50+/t60-,61-,62+,63-,64+,65-,68+,69-,72-,73+,74-,78?,79-,80-,81-,82-,83+,84+,85+,86-/m1/s1. The van der Waals surface area contributed by atoms with Gasteiger partial charge in [0, 0.05) is 76.3 Å². The minimum Gasteiger partial charge on any atom is -0.516 e. The highest BCUT2D eigenvalue weighted by Crippen LogP contribution is 2.93. The van der Waals surface area contributed by atoms with Crippen LogP contribution < -0.4 is 21.1 Å². The smallest absolute Gasteiger partial charge is 0.307 e. The summed E-state index contributed by atoms with van der Waals surface area (Å²) in [5.41, 5.74) is 8.76. The number of aliphatic hydroxyl groups is 3. The number of carbonyl (C=O) groups is 1. The topological polar surface area (TPSA) is 122 Å². The summed E-state index contributed by atoms with van der Waals surface area (Å²) in [6.07, 6.45) is 42.2. The zero-order chi connectivity index (χ0) is 63.9. The first kappa shape index (κ1) is 60.8. The maximum absolute atomic E-state index is 15.5. The molecule has 7 aliphatic heterocycles. The summed E-state index contributed by atoms with van der Waals surface area (Å²) >= 11 is 0. The minimum atomic E-state index is -1.08. The Bertz CT molecular complexity index is 4140. The van der Waals surface area contributed by atoms with Crippen LogP contribution in [0.2, 0.25) is 0 Å². The molecule has 0 radical (unpaired) electrons. The van der Waals surface area contributed by atoms with Crippen molar-refractivity contribution in [3.05, 3.63) is 183 Å². The van der Waals surface area contributed by atoms with Crippen LogP contribution in [0.5, 0.6) is 0 Å². The molecule has 23 rings (SSSR count). The van der Waals surface area contributed by atoms with Crippen LogP contribution in [0.25, 0.3) is 17.2 Å². The van der Waals surface area contributed by atoms with E-state index in [2.05, 4.69) is 178 Å². The first-order valence-corrected chi connectivity index (χ1v) is 40.2. The molecule has 4 spiro atoms. The molecule has 9 heteroatoms. The van der Waals surface area contributed by atoms with Gasteiger partial charge in [0.1, 0.15) is 0 Å². The van der Waals surface area contributed by atoms with Gasteiger partial charge in [0.05, 0.1) is 30.2 Å². The van der Waals surface area contributed by atoms with E-state index in [9.17, 15) is 20.4 Å². The fourth-order valence-electron chi connectivity index (χ4n) is 28.4. The Balaban J connectivity index is 0.881. The monoisotopic (exact) mass is 1300 g/mol. The fourth-order valence-corrected chi connectivity index (χ4v) is 31.3. The van der Waals surface area contributed by atoms with Crippen molar-refractivity contribution in [3.8, 4) is 11.8 Å². The molecular formula is C86H98N2O5S2. The SMILES string of the molecule is C[C@@]12[C@@H]3CC4=C5C[C@@]67C=CC[C@]89CC#CC[C@@H](C%10=c%11ccccc%11=C[C@H](C%10=C6)[C@]4(CC[C@@H]8O)C79)c4cccc(c4)C4=CC=C(NCCC[C@@H](C6CCCCC6)/C(=C/O)CC[C@@H](C(=O)O)[C@]16C=C[C@@H]1[C@@]78CC[C@@]1([C@@H](CSSC[C@@H](C7)[C@H](Cc1ccccc1)C8)C3)[C@]52C[C@H]6O)NC4. The van der Waals surface area contributed by atoms with Crippen LogP contribution in [-0.4, -0.2) is 63.2 Å². The number of fused-ring (bicyclic) bond motifs is 2. The molecule has 7 fully saturated rings. The van der Waals surface area contributed by atoms with Gasteiger partial charge in [-0.05, 0) is 235 Å². The van der Waals surface area contributed by atoms with Crippen LogP contribution in [0.15, 0.2) is 156 Å². The predicted octanol–water partition coefficient (Wildman–Crippen LogP) is 15.9. The number of hydrogen-bond acceptors (Lipinski definition) is 8. The lowest BCUT2D eigenvalue weighted by Gasteiger charge is -2.78. The summed E-state index contributed by atoms with van der Waals surface area (Å²) in [5, 5.41) is 62.8. The Hall–Kier alpha value is -5.37. The van der Waals surface area contributed by atoms with E-state index >= 15 is 4.79 Å². The van der Waals surface area contributed by atoms with Crippen molar-refractivity contribution < 1.29 is 25.2 Å². The number of rotatable bonds is 4. The van der Waals surface area contributed by atoms with Gasteiger partial charge in [0.25, 0.3) is 0 Å². The molecule has 0 aromatic heterocycles. The van der Waals surface area contributed by atoms with E-state index in [0.29, 0.717) is 62.3 Å². The molecule has 1 saturated heterocycles. The highest BCUT2D eigenvalue weighted by atomic mass is 33.1. The third-order valence-corrected chi connectivity index (χ3v) is 34.0. The van der Waals surface area contributed by atoms with Gasteiger partial charge < -0.3 is 31.1 Å². The Kier molecular flexibility index (Phi) is 14.1. The number of dihydropyridines is 1. The molecule has 3 aromatic rings. The zero-order valence-corrected chi connectivity index (χ0v) is 57.4. The highest BCUT2D eigenvalue weighted by Gasteiger charge is 2.88. The van der Waals surface area contributed by atoms with E-state index in [-0.39, 0.29) is 51.8 Å². The molecule has 3 aromatic carbocycles. The summed E-state index contributed by atoms with van der Waals surface area (Å²) in [5.74, 6) is 12.2. The van der Waals surface area contributed by atoms with E-state index in [4.69, 9.17) is 0 Å². The minimum absolute atomic E-state index is 0.00315. The predicted molar refractivity (Wildman–Crippen MR) is 383 cm³/mol. The van der Waals surface area contributed by atoms with Crippen molar-refractivity contribution in [1.29, 1.82) is 0 Å². The molecule has 1 unspecified atom stereocenters. The van der Waals surface area contributed by atoms with Gasteiger partial charge in [-0.25, -0.2) is 0 Å². The maximum atomic E-state index is 15.5. The second-order valence-electron chi connectivity index (χ2n) is 34.1. The number of allylic oxidation sites excluding steroid dienone is 10. The third-order valence-electron chi connectivity index (χ3n) is 31.4. The van der Waals surface area contributed by atoms with Crippen molar-refractivity contribution >= 4 is 44.8 Å². The normalized spacial score (nSPS) is 45.0. The molecule has 7 nitrogen and oxygen atoms in total. The van der Waals surface area contributed by atoms with Crippen LogP contribution in [0.4, 0.5) is 0 Å². The number of aliphatic carboxylic acids is 1. The molecule has 21 bridgehead atoms. The van der Waals surface area contributed by atoms with Gasteiger partial charge in [0.15, 0.2) is 0 Å². The molecular weight excluding hydrogens is 1210 g/mol. The van der Waals surface area contributed by atoms with E-state index in [0.717, 1.165) is 101 Å². The van der Waals surface area contributed by atoms with Crippen molar-refractivity contribution in [2.75, 3.05) is 24.6 Å². The highest BCUT2D eigenvalue weighted by molar-refractivity contribution is 8.76. The molecule has 6 saturated carbocycles. The Morgan fingerprint density at radius 1 is 0.811 bits per heavy atom. The van der Waals surface area contributed by atoms with Gasteiger partial charge in [-0.15, -0.1) is 11.8 Å². The first-order valence-electron chi connectivity index (χ1n) is 37.7. The summed E-state index contributed by atoms with van der Waals surface area (Å²) in [4.78, 5) is 15.5. The van der Waals surface area contributed by atoms with Crippen LogP contribution in [0, 0.1) is 114 Å². The van der Waals surface area contributed by atoms with E-state index in [1.807, 2.05) is 0 Å². The third kappa shape index (κ3) is 8.04. The largest absolute Gasteiger partial charge is 0.516 e. The summed E-state index contributed by atoms with van der Waals surface area (Å²) < 4.78 is 0. The average molecular weight is 1300 g/mol. The number of hydrogen-bond donors (Lipinski definition) is 6. The Morgan fingerprint density at radius 2 is 1.67 bits per heavy atom. The van der Waals surface area contributed by atoms with Gasteiger partial charge in [-0.2, -0.15) is 0 Å². The van der Waals surface area contributed by atoms with Crippen molar-refractivity contribution in [2.24, 2.45) is 102 Å². The second-order valence-corrected chi connectivity index (χ2v) is 36.7. The van der Waals surface area contributed by atoms with Crippen molar-refractivity contribution in [1.82, 2.24) is 10.6 Å². The number of benzene rings is 3. The lowest BCUT2D eigenvalue weighted by atomic mass is 9.25. The summed E-state index contributed by atoms with van der Waals surface area (Å²) in [6.45, 7) is 4.15. The zero-order valence-electron chi connectivity index (χ0n) is 55.8. The maximum Gasteiger partial charge on any atom is 0.307 e. The van der Waals surface area contributed by atoms with Gasteiger partial charge >= 0.3 is 5.97 Å². The second kappa shape index (κ2) is 22.1. The Labute approximate surface area is 571 Å². The van der Waals surface area contributed by atoms with Crippen LogP contribution in [0.3, 0.4) is 0 Å². The lowest BCUT2D eigenvalue weighted by molar-refractivity contribution is -0.223. The van der Waals surface area contributed by atoms with Crippen LogP contribution >= 0.6 is 21.6 Å². The summed E-state index contributed by atoms with van der Waals surface area (Å²) in [7, 11) is 4.33. The van der Waals surface area contributed by atoms with Crippen LogP contribution in [0.1, 0.15) is 171 Å². The molecule has 95 heavy (non-hydrogen) atoms. The van der Waals surface area contributed by atoms with E-state index < -0.39 is 51.2 Å². The quantitative estimate of drug-likeness (QED) is 0.0656. The Morgan fingerprint density at radius 3 is 2.53 bits per heavy atom. The van der Waals surface area contributed by atoms with E-state index in [1.54, 1.807) is 11.1 Å². The summed E-state index contributed by atoms with van der Waals surface area (Å²) in [6, 6.07) is 30.2. The molecule has 0 amide bonds. The number of nitrogens with one attached hydrogen (secondary N) is 2. The average Bonchev–Trinajstić information content (AvgIpc) is 1.53. The van der Waals surface area contributed by atoms with Crippen molar-refractivity contribution in [2.45, 2.75) is 173 Å². The lowest BCUT2D eigenvalue weighted by Crippen LogP contribution is -2.73. The number of aliphatic hydroxyl groups excluding tert-OH is 3. The number of carboxylic acids is 1. The molecule has 20 atom stereocenters.